The molecule has 0 bridgehead atoms. The average Bonchev–Trinajstić information content (AvgIpc) is 3.42. The van der Waals surface area contributed by atoms with Crippen LogP contribution in [0.1, 0.15) is 55.0 Å². The van der Waals surface area contributed by atoms with Gasteiger partial charge in [0.1, 0.15) is 30.5 Å². The number of aromatic hydroxyl groups is 1. The first-order valence-electron chi connectivity index (χ1n) is 13.4. The van der Waals surface area contributed by atoms with Gasteiger partial charge in [0, 0.05) is 17.9 Å². The number of hydrogen-bond donors (Lipinski definition) is 3. The zero-order valence-corrected chi connectivity index (χ0v) is 24.5. The molecule has 3 rings (SSSR count). The first-order chi connectivity index (χ1) is 19.0. The summed E-state index contributed by atoms with van der Waals surface area (Å²) in [4.78, 5) is 50.9. The molecule has 3 unspecified atom stereocenters. The molecule has 10 nitrogen and oxygen atoms in total. The zero-order chi connectivity index (χ0) is 29.4. The molecule has 0 saturated carbocycles. The smallest absolute Gasteiger partial charge is 0.329 e. The van der Waals surface area contributed by atoms with Crippen molar-refractivity contribution in [1.82, 2.24) is 20.2 Å². The average molecular weight is 571 g/mol. The minimum absolute atomic E-state index is 0.0125. The van der Waals surface area contributed by atoms with E-state index in [1.807, 2.05) is 20.8 Å². The third-order valence-electron chi connectivity index (χ3n) is 6.82. The number of likely N-dealkylation sites (tertiary alicyclic amines) is 1. The molecule has 1 aromatic heterocycles. The van der Waals surface area contributed by atoms with Crippen molar-refractivity contribution in [3.8, 4) is 5.75 Å². The highest BCUT2D eigenvalue weighted by atomic mass is 32.2. The highest BCUT2D eigenvalue weighted by molar-refractivity contribution is 8.03. The van der Waals surface area contributed by atoms with Gasteiger partial charge >= 0.3 is 5.97 Å². The molecule has 11 heteroatoms. The maximum atomic E-state index is 13.8. The van der Waals surface area contributed by atoms with Crippen molar-refractivity contribution >= 4 is 29.5 Å². The molecule has 3 N–H and O–H groups in total. The van der Waals surface area contributed by atoms with Crippen molar-refractivity contribution in [2.75, 3.05) is 12.3 Å². The molecule has 1 saturated heterocycles. The molecule has 216 valence electrons. The quantitative estimate of drug-likeness (QED) is 0.348. The third-order valence-corrected chi connectivity index (χ3v) is 7.91. The fourth-order valence-corrected chi connectivity index (χ4v) is 5.34. The lowest BCUT2D eigenvalue weighted by atomic mass is 10.1. The standard InChI is InChI=1S/C29H38N4O6S/c1-6-25(40-7-2)26(32-27(36)24(35)15-20-10-12-21(34)13-11-20)28(37)33-14-8-9-23(33)29(38)39-16-22-19(5)30-17(3)18(4)31-22/h6,10-13,23-24,26,34-35H,7-9,14-16H2,1-5H3,(H,32,36)/b25-6-. The van der Waals surface area contributed by atoms with Crippen molar-refractivity contribution in [1.29, 1.82) is 0 Å². The van der Waals surface area contributed by atoms with Gasteiger partial charge in [0.25, 0.3) is 5.91 Å². The van der Waals surface area contributed by atoms with E-state index in [0.29, 0.717) is 47.0 Å². The normalized spacial score (nSPS) is 16.9. The molecule has 1 aliphatic rings. The summed E-state index contributed by atoms with van der Waals surface area (Å²) in [5.41, 5.74) is 3.47. The maximum absolute atomic E-state index is 13.8. The number of thioether (sulfide) groups is 1. The van der Waals surface area contributed by atoms with E-state index in [-0.39, 0.29) is 18.8 Å². The molecule has 0 radical (unpaired) electrons. The molecule has 0 aliphatic carbocycles. The monoisotopic (exact) mass is 570 g/mol. The van der Waals surface area contributed by atoms with Gasteiger partial charge < -0.3 is 25.2 Å². The predicted molar refractivity (Wildman–Crippen MR) is 152 cm³/mol. The fourth-order valence-electron chi connectivity index (χ4n) is 4.52. The lowest BCUT2D eigenvalue weighted by molar-refractivity contribution is -0.155. The number of carbonyl (C=O) groups excluding carboxylic acids is 3. The highest BCUT2D eigenvalue weighted by Gasteiger charge is 2.40. The number of nitrogens with one attached hydrogen (secondary N) is 1. The number of benzene rings is 1. The number of esters is 1. The van der Waals surface area contributed by atoms with Crippen molar-refractivity contribution in [3.05, 3.63) is 63.6 Å². The van der Waals surface area contributed by atoms with Crippen LogP contribution in [-0.4, -0.2) is 73.3 Å². The van der Waals surface area contributed by atoms with Crippen LogP contribution in [0.25, 0.3) is 0 Å². The lowest BCUT2D eigenvalue weighted by Gasteiger charge is -2.30. The molecule has 1 aliphatic heterocycles. The zero-order valence-electron chi connectivity index (χ0n) is 23.6. The predicted octanol–water partition coefficient (Wildman–Crippen LogP) is 2.89. The van der Waals surface area contributed by atoms with Crippen LogP contribution in [0.4, 0.5) is 0 Å². The SMILES string of the molecule is C/C=C(\SCC)C(NC(=O)C(O)Cc1ccc(O)cc1)C(=O)N1CCCC1C(=O)OCc1nc(C)c(C)nc1C. The first-order valence-corrected chi connectivity index (χ1v) is 14.4. The molecule has 1 fully saturated rings. The number of aromatic nitrogens is 2. The Labute approximate surface area is 239 Å². The molecular weight excluding hydrogens is 532 g/mol. The molecule has 2 amide bonds. The van der Waals surface area contributed by atoms with Gasteiger partial charge in [0.2, 0.25) is 5.91 Å². The van der Waals surface area contributed by atoms with Crippen LogP contribution in [-0.2, 0) is 32.1 Å². The number of nitrogens with zero attached hydrogens (tertiary/aromatic N) is 3. The number of allylic oxidation sites excluding steroid dienone is 1. The van der Waals surface area contributed by atoms with Gasteiger partial charge in [-0.1, -0.05) is 25.1 Å². The second-order valence-electron chi connectivity index (χ2n) is 9.68. The maximum Gasteiger partial charge on any atom is 0.329 e. The molecule has 3 atom stereocenters. The molecular formula is C29H38N4O6S. The Hall–Kier alpha value is -3.44. The molecule has 1 aromatic carbocycles. The van der Waals surface area contributed by atoms with E-state index in [4.69, 9.17) is 4.74 Å². The van der Waals surface area contributed by atoms with Gasteiger partial charge in [-0.2, -0.15) is 0 Å². The van der Waals surface area contributed by atoms with Crippen molar-refractivity contribution < 1.29 is 29.3 Å². The Morgan fingerprint density at radius 1 is 1.15 bits per heavy atom. The largest absolute Gasteiger partial charge is 0.508 e. The summed E-state index contributed by atoms with van der Waals surface area (Å²) in [6.07, 6.45) is 1.42. The summed E-state index contributed by atoms with van der Waals surface area (Å²) in [7, 11) is 0. The number of aryl methyl sites for hydroxylation is 3. The number of aliphatic hydroxyl groups excluding tert-OH is 1. The summed E-state index contributed by atoms with van der Waals surface area (Å²) in [6.45, 7) is 9.52. The number of phenols is 1. The Kier molecular flexibility index (Phi) is 11.1. The van der Waals surface area contributed by atoms with E-state index in [1.165, 1.54) is 28.8 Å². The van der Waals surface area contributed by atoms with Gasteiger partial charge in [-0.25, -0.2) is 4.79 Å². The Balaban J connectivity index is 1.73. The van der Waals surface area contributed by atoms with Crippen molar-refractivity contribution in [3.63, 3.8) is 0 Å². The van der Waals surface area contributed by atoms with Crippen LogP contribution in [0.5, 0.6) is 5.75 Å². The van der Waals surface area contributed by atoms with E-state index in [9.17, 15) is 24.6 Å². The highest BCUT2D eigenvalue weighted by Crippen LogP contribution is 2.26. The van der Waals surface area contributed by atoms with E-state index < -0.39 is 36.0 Å². The van der Waals surface area contributed by atoms with Gasteiger partial charge in [-0.05, 0) is 64.0 Å². The van der Waals surface area contributed by atoms with Gasteiger partial charge in [-0.3, -0.25) is 19.6 Å². The first kappa shape index (κ1) is 31.1. The number of carbonyl (C=O) groups is 3. The topological polar surface area (TPSA) is 142 Å². The third kappa shape index (κ3) is 7.82. The van der Waals surface area contributed by atoms with Crippen LogP contribution < -0.4 is 5.32 Å². The summed E-state index contributed by atoms with van der Waals surface area (Å²) in [6, 6.07) is 4.33. The second-order valence-corrected chi connectivity index (χ2v) is 11.0. The minimum atomic E-state index is -1.41. The van der Waals surface area contributed by atoms with E-state index >= 15 is 0 Å². The summed E-state index contributed by atoms with van der Waals surface area (Å²) < 4.78 is 5.58. The fraction of sp³-hybridized carbons (Fsp3) is 0.483. The number of aliphatic hydroxyl groups is 1. The van der Waals surface area contributed by atoms with Gasteiger partial charge in [0.05, 0.1) is 22.8 Å². The van der Waals surface area contributed by atoms with Crippen molar-refractivity contribution in [2.24, 2.45) is 0 Å². The van der Waals surface area contributed by atoms with Crippen LogP contribution in [0.3, 0.4) is 0 Å². The van der Waals surface area contributed by atoms with E-state index in [2.05, 4.69) is 15.3 Å². The summed E-state index contributed by atoms with van der Waals surface area (Å²) in [5.74, 6) is -0.922. The van der Waals surface area contributed by atoms with Gasteiger partial charge in [0.15, 0.2) is 0 Å². The number of hydrogen-bond acceptors (Lipinski definition) is 9. The van der Waals surface area contributed by atoms with Crippen LogP contribution in [0, 0.1) is 20.8 Å². The Morgan fingerprint density at radius 3 is 2.48 bits per heavy atom. The van der Waals surface area contributed by atoms with Crippen LogP contribution in [0.15, 0.2) is 35.2 Å². The molecule has 2 aromatic rings. The van der Waals surface area contributed by atoms with Crippen LogP contribution in [0.2, 0.25) is 0 Å². The molecule has 40 heavy (non-hydrogen) atoms. The number of phenolic OH excluding ortho intramolecular Hbond substituents is 1. The number of ether oxygens (including phenoxy) is 1. The number of amides is 2. The number of rotatable bonds is 11. The van der Waals surface area contributed by atoms with E-state index in [0.717, 1.165) is 11.4 Å². The summed E-state index contributed by atoms with van der Waals surface area (Å²) >= 11 is 1.41. The Morgan fingerprint density at radius 2 is 1.82 bits per heavy atom. The van der Waals surface area contributed by atoms with Crippen LogP contribution >= 0.6 is 11.8 Å². The van der Waals surface area contributed by atoms with Crippen molar-refractivity contribution in [2.45, 2.75) is 78.7 Å². The minimum Gasteiger partial charge on any atom is -0.508 e. The van der Waals surface area contributed by atoms with E-state index in [1.54, 1.807) is 32.1 Å². The molecule has 2 heterocycles. The summed E-state index contributed by atoms with van der Waals surface area (Å²) in [5, 5.41) is 22.8. The second kappa shape index (κ2) is 14.3. The Bertz CT molecular complexity index is 1250. The molecule has 0 spiro atoms. The lowest BCUT2D eigenvalue weighted by Crippen LogP contribution is -2.54. The van der Waals surface area contributed by atoms with Gasteiger partial charge in [-0.15, -0.1) is 11.8 Å².